The van der Waals surface area contributed by atoms with Gasteiger partial charge in [-0.2, -0.15) is 0 Å². The van der Waals surface area contributed by atoms with Gasteiger partial charge in [-0.25, -0.2) is 0 Å². The summed E-state index contributed by atoms with van der Waals surface area (Å²) in [5.41, 5.74) is 3.52. The molecule has 4 heteroatoms. The highest BCUT2D eigenvalue weighted by molar-refractivity contribution is 5.33. The molecule has 0 aromatic heterocycles. The van der Waals surface area contributed by atoms with Crippen LogP contribution in [0.15, 0.2) is 48.5 Å². The van der Waals surface area contributed by atoms with E-state index in [1.165, 1.54) is 11.1 Å². The Bertz CT molecular complexity index is 673. The van der Waals surface area contributed by atoms with Gasteiger partial charge in [0.1, 0.15) is 18.5 Å². The molecule has 2 unspecified atom stereocenters. The number of ether oxygens (including phenoxy) is 1. The fourth-order valence-electron chi connectivity index (χ4n) is 3.36. The van der Waals surface area contributed by atoms with Gasteiger partial charge < -0.3 is 14.9 Å². The molecule has 0 bridgehead atoms. The van der Waals surface area contributed by atoms with Crippen LogP contribution in [-0.2, 0) is 6.42 Å². The van der Waals surface area contributed by atoms with Crippen molar-refractivity contribution in [1.29, 1.82) is 0 Å². The first-order valence-electron chi connectivity index (χ1n) is 8.48. The molecule has 4 nitrogen and oxygen atoms in total. The summed E-state index contributed by atoms with van der Waals surface area (Å²) in [7, 11) is 0. The maximum absolute atomic E-state index is 10.4. The van der Waals surface area contributed by atoms with Gasteiger partial charge in [-0.1, -0.05) is 42.5 Å². The van der Waals surface area contributed by atoms with E-state index in [0.29, 0.717) is 6.54 Å². The number of hydrogen-bond donors (Lipinski definition) is 2. The molecule has 128 valence electrons. The Kier molecular flexibility index (Phi) is 5.51. The van der Waals surface area contributed by atoms with Crippen LogP contribution in [0, 0.1) is 6.92 Å². The Balaban J connectivity index is 1.60. The largest absolute Gasteiger partial charge is 0.491 e. The Labute approximate surface area is 143 Å². The summed E-state index contributed by atoms with van der Waals surface area (Å²) in [5, 5.41) is 20.2. The van der Waals surface area contributed by atoms with Crippen molar-refractivity contribution in [3.63, 3.8) is 0 Å². The lowest BCUT2D eigenvalue weighted by molar-refractivity contribution is 0.0332. The Morgan fingerprint density at radius 3 is 2.71 bits per heavy atom. The third-order valence-corrected chi connectivity index (χ3v) is 4.67. The molecule has 3 rings (SSSR count). The smallest absolute Gasteiger partial charge is 0.122 e. The van der Waals surface area contributed by atoms with E-state index in [9.17, 15) is 10.2 Å². The fraction of sp³-hybridized carbons (Fsp3) is 0.400. The van der Waals surface area contributed by atoms with Crippen molar-refractivity contribution in [3.8, 4) is 5.75 Å². The van der Waals surface area contributed by atoms with Crippen LogP contribution in [0.25, 0.3) is 0 Å². The van der Waals surface area contributed by atoms with Crippen LogP contribution in [0.2, 0.25) is 0 Å². The van der Waals surface area contributed by atoms with E-state index < -0.39 is 6.10 Å². The van der Waals surface area contributed by atoms with Crippen LogP contribution in [0.1, 0.15) is 22.7 Å². The fourth-order valence-corrected chi connectivity index (χ4v) is 3.36. The maximum Gasteiger partial charge on any atom is 0.122 e. The number of β-amino-alcohol motifs (C(OH)–C–C–N with tert-alkyl or cyclic N) is 1. The second kappa shape index (κ2) is 7.79. The number of nitrogens with zero attached hydrogens (tertiary/aromatic N) is 1. The lowest BCUT2D eigenvalue weighted by Gasteiger charge is -2.37. The summed E-state index contributed by atoms with van der Waals surface area (Å²) in [6, 6.07) is 16.0. The first-order valence-corrected chi connectivity index (χ1v) is 8.48. The third kappa shape index (κ3) is 3.78. The normalized spacial score (nSPS) is 18.9. The van der Waals surface area contributed by atoms with Crippen molar-refractivity contribution >= 4 is 0 Å². The number of fused-ring (bicyclic) bond motifs is 1. The van der Waals surface area contributed by atoms with Crippen LogP contribution in [0.4, 0.5) is 0 Å². The lowest BCUT2D eigenvalue weighted by Crippen LogP contribution is -2.43. The number of para-hydroxylation sites is 1. The van der Waals surface area contributed by atoms with Gasteiger partial charge in [0.2, 0.25) is 0 Å². The van der Waals surface area contributed by atoms with Gasteiger partial charge in [0, 0.05) is 13.1 Å². The second-order valence-electron chi connectivity index (χ2n) is 6.37. The van der Waals surface area contributed by atoms with Crippen molar-refractivity contribution in [2.75, 3.05) is 26.3 Å². The minimum atomic E-state index is -0.594. The summed E-state index contributed by atoms with van der Waals surface area (Å²) in [4.78, 5) is 2.15. The van der Waals surface area contributed by atoms with Crippen LogP contribution >= 0.6 is 0 Å². The van der Waals surface area contributed by atoms with Gasteiger partial charge in [-0.15, -0.1) is 0 Å². The SMILES string of the molecule is Cc1ccccc1OCC(O)CN1CCc2ccccc2C1CO. The molecular weight excluding hydrogens is 302 g/mol. The van der Waals surface area contributed by atoms with Crippen LogP contribution in [-0.4, -0.2) is 47.5 Å². The number of rotatable bonds is 6. The Morgan fingerprint density at radius 1 is 1.17 bits per heavy atom. The average Bonchev–Trinajstić information content (AvgIpc) is 2.61. The van der Waals surface area contributed by atoms with E-state index in [1.54, 1.807) is 0 Å². The number of aliphatic hydroxyl groups is 2. The number of hydrogen-bond acceptors (Lipinski definition) is 4. The molecule has 0 amide bonds. The third-order valence-electron chi connectivity index (χ3n) is 4.67. The highest BCUT2D eigenvalue weighted by Gasteiger charge is 2.28. The van der Waals surface area contributed by atoms with Gasteiger partial charge in [-0.3, -0.25) is 4.90 Å². The molecular formula is C20H25NO3. The van der Waals surface area contributed by atoms with Crippen molar-refractivity contribution in [2.45, 2.75) is 25.5 Å². The average molecular weight is 327 g/mol. The predicted molar refractivity (Wildman–Crippen MR) is 94.2 cm³/mol. The molecule has 0 radical (unpaired) electrons. The molecule has 2 N–H and O–H groups in total. The first-order chi connectivity index (χ1) is 11.7. The molecule has 0 saturated heterocycles. The van der Waals surface area contributed by atoms with E-state index in [1.807, 2.05) is 43.3 Å². The highest BCUT2D eigenvalue weighted by atomic mass is 16.5. The summed E-state index contributed by atoms with van der Waals surface area (Å²) in [6.45, 7) is 3.63. The maximum atomic E-state index is 10.4. The molecule has 24 heavy (non-hydrogen) atoms. The van der Waals surface area contributed by atoms with Crippen LogP contribution < -0.4 is 4.74 Å². The van der Waals surface area contributed by atoms with Crippen molar-refractivity contribution in [2.24, 2.45) is 0 Å². The molecule has 0 saturated carbocycles. The van der Waals surface area contributed by atoms with E-state index in [4.69, 9.17) is 4.74 Å². The van der Waals surface area contributed by atoms with Crippen LogP contribution in [0.5, 0.6) is 5.75 Å². The summed E-state index contributed by atoms with van der Waals surface area (Å²) < 4.78 is 5.74. The molecule has 0 fully saturated rings. The van der Waals surface area contributed by atoms with Crippen molar-refractivity contribution in [3.05, 3.63) is 65.2 Å². The first kappa shape index (κ1) is 17.0. The van der Waals surface area contributed by atoms with E-state index >= 15 is 0 Å². The topological polar surface area (TPSA) is 52.9 Å². The Morgan fingerprint density at radius 2 is 1.92 bits per heavy atom. The van der Waals surface area contributed by atoms with Crippen molar-refractivity contribution < 1.29 is 14.9 Å². The van der Waals surface area contributed by atoms with Gasteiger partial charge >= 0.3 is 0 Å². The van der Waals surface area contributed by atoms with Gasteiger partial charge in [0.15, 0.2) is 0 Å². The molecule has 1 aliphatic heterocycles. The van der Waals surface area contributed by atoms with E-state index in [2.05, 4.69) is 17.0 Å². The summed E-state index contributed by atoms with van der Waals surface area (Å²) >= 11 is 0. The zero-order chi connectivity index (χ0) is 16.9. The molecule has 2 aromatic carbocycles. The van der Waals surface area contributed by atoms with Gasteiger partial charge in [-0.05, 0) is 36.1 Å². The van der Waals surface area contributed by atoms with Crippen LogP contribution in [0.3, 0.4) is 0 Å². The quantitative estimate of drug-likeness (QED) is 0.855. The number of aryl methyl sites for hydroxylation is 1. The predicted octanol–water partition coefficient (Wildman–Crippen LogP) is 2.33. The zero-order valence-corrected chi connectivity index (χ0v) is 14.1. The zero-order valence-electron chi connectivity index (χ0n) is 14.1. The van der Waals surface area contributed by atoms with Gasteiger partial charge in [0.25, 0.3) is 0 Å². The van der Waals surface area contributed by atoms with Crippen molar-refractivity contribution in [1.82, 2.24) is 4.90 Å². The monoisotopic (exact) mass is 327 g/mol. The highest BCUT2D eigenvalue weighted by Crippen LogP contribution is 2.29. The molecule has 1 heterocycles. The minimum Gasteiger partial charge on any atom is -0.491 e. The lowest BCUT2D eigenvalue weighted by atomic mass is 9.93. The summed E-state index contributed by atoms with van der Waals surface area (Å²) in [6.07, 6.45) is 0.349. The van der Waals surface area contributed by atoms with Gasteiger partial charge in [0.05, 0.1) is 12.6 Å². The van der Waals surface area contributed by atoms with E-state index in [0.717, 1.165) is 24.3 Å². The van der Waals surface area contributed by atoms with E-state index in [-0.39, 0.29) is 19.3 Å². The molecule has 0 aliphatic carbocycles. The summed E-state index contributed by atoms with van der Waals surface area (Å²) in [5.74, 6) is 0.805. The standard InChI is InChI=1S/C20H25NO3/c1-15-6-2-5-9-20(15)24-14-17(23)12-21-11-10-16-7-3-4-8-18(16)19(21)13-22/h2-9,17,19,22-23H,10-14H2,1H3. The molecule has 1 aliphatic rings. The molecule has 2 aromatic rings. The molecule has 0 spiro atoms. The number of aliphatic hydroxyl groups excluding tert-OH is 2. The minimum absolute atomic E-state index is 0.0527. The second-order valence-corrected chi connectivity index (χ2v) is 6.37. The molecule has 2 atom stereocenters. The Hall–Kier alpha value is -1.88. The number of benzene rings is 2.